The molecule has 1 aliphatic rings. The van der Waals surface area contributed by atoms with Crippen molar-refractivity contribution >= 4 is 0 Å². The molecule has 0 aromatic carbocycles. The second kappa shape index (κ2) is 4.96. The number of hydrogen-bond donors (Lipinski definition) is 1. The molecule has 3 atom stereocenters. The van der Waals surface area contributed by atoms with Crippen LogP contribution in [0.25, 0.3) is 0 Å². The lowest BCUT2D eigenvalue weighted by atomic mass is 9.79. The van der Waals surface area contributed by atoms with Crippen LogP contribution in [0.3, 0.4) is 0 Å². The first-order valence-corrected chi connectivity index (χ1v) is 6.28. The van der Waals surface area contributed by atoms with Crippen LogP contribution >= 0.6 is 0 Å². The minimum Gasteiger partial charge on any atom is -0.387 e. The van der Waals surface area contributed by atoms with Gasteiger partial charge in [-0.3, -0.25) is 4.98 Å². The van der Waals surface area contributed by atoms with Crippen LogP contribution in [0, 0.1) is 18.8 Å². The molecule has 1 heterocycles. The molecule has 0 bridgehead atoms. The summed E-state index contributed by atoms with van der Waals surface area (Å²) in [6.45, 7) is 4.25. The molecule has 2 nitrogen and oxygen atoms in total. The van der Waals surface area contributed by atoms with E-state index in [4.69, 9.17) is 0 Å². The third-order valence-electron chi connectivity index (χ3n) is 3.64. The second-order valence-corrected chi connectivity index (χ2v) is 5.18. The van der Waals surface area contributed by atoms with E-state index in [0.717, 1.165) is 30.1 Å². The Labute approximate surface area is 97.7 Å². The summed E-state index contributed by atoms with van der Waals surface area (Å²) >= 11 is 0. The smallest absolute Gasteiger partial charge is 0.0987 e. The van der Waals surface area contributed by atoms with Crippen LogP contribution in [0.1, 0.15) is 50.1 Å². The number of nitrogens with zero attached hydrogens (tertiary/aromatic N) is 1. The van der Waals surface area contributed by atoms with Gasteiger partial charge in [-0.15, -0.1) is 0 Å². The van der Waals surface area contributed by atoms with Crippen molar-refractivity contribution in [1.82, 2.24) is 4.98 Å². The van der Waals surface area contributed by atoms with Crippen LogP contribution in [0.5, 0.6) is 0 Å². The minimum atomic E-state index is -0.373. The van der Waals surface area contributed by atoms with E-state index >= 15 is 0 Å². The fourth-order valence-electron chi connectivity index (χ4n) is 2.74. The van der Waals surface area contributed by atoms with E-state index in [9.17, 15) is 5.11 Å². The van der Waals surface area contributed by atoms with Crippen molar-refractivity contribution in [2.75, 3.05) is 0 Å². The van der Waals surface area contributed by atoms with Gasteiger partial charge in [-0.2, -0.15) is 0 Å². The molecule has 1 aromatic heterocycles. The van der Waals surface area contributed by atoms with Crippen LogP contribution in [0.15, 0.2) is 18.2 Å². The van der Waals surface area contributed by atoms with Crippen molar-refractivity contribution in [3.8, 4) is 0 Å². The highest BCUT2D eigenvalue weighted by molar-refractivity contribution is 5.13. The molecule has 1 fully saturated rings. The first-order valence-electron chi connectivity index (χ1n) is 6.28. The SMILES string of the molecule is Cc1cccc(C(O)C2CCCC(C)C2)n1. The van der Waals surface area contributed by atoms with Gasteiger partial charge in [0, 0.05) is 5.69 Å². The van der Waals surface area contributed by atoms with Crippen molar-refractivity contribution in [2.45, 2.75) is 45.6 Å². The predicted molar refractivity (Wildman–Crippen MR) is 65.1 cm³/mol. The summed E-state index contributed by atoms with van der Waals surface area (Å²) in [7, 11) is 0. The molecular formula is C14H21NO. The van der Waals surface area contributed by atoms with E-state index < -0.39 is 0 Å². The zero-order valence-corrected chi connectivity index (χ0v) is 10.2. The van der Waals surface area contributed by atoms with Gasteiger partial charge in [0.05, 0.1) is 11.8 Å². The summed E-state index contributed by atoms with van der Waals surface area (Å²) in [5.41, 5.74) is 1.83. The summed E-state index contributed by atoms with van der Waals surface area (Å²) in [4.78, 5) is 4.42. The molecule has 3 unspecified atom stereocenters. The fraction of sp³-hybridized carbons (Fsp3) is 0.643. The fourth-order valence-corrected chi connectivity index (χ4v) is 2.74. The van der Waals surface area contributed by atoms with E-state index in [1.807, 2.05) is 25.1 Å². The van der Waals surface area contributed by atoms with Crippen LogP contribution < -0.4 is 0 Å². The zero-order valence-electron chi connectivity index (χ0n) is 10.2. The van der Waals surface area contributed by atoms with Gasteiger partial charge in [-0.25, -0.2) is 0 Å². The van der Waals surface area contributed by atoms with Crippen LogP contribution in [-0.4, -0.2) is 10.1 Å². The molecule has 88 valence electrons. The van der Waals surface area contributed by atoms with Crippen molar-refractivity contribution in [2.24, 2.45) is 11.8 Å². The van der Waals surface area contributed by atoms with Gasteiger partial charge in [0.1, 0.15) is 0 Å². The molecule has 16 heavy (non-hydrogen) atoms. The summed E-state index contributed by atoms with van der Waals surface area (Å²) < 4.78 is 0. The highest BCUT2D eigenvalue weighted by atomic mass is 16.3. The van der Waals surface area contributed by atoms with Crippen molar-refractivity contribution in [1.29, 1.82) is 0 Å². The first-order chi connectivity index (χ1) is 7.66. The Morgan fingerprint density at radius 3 is 2.88 bits per heavy atom. The highest BCUT2D eigenvalue weighted by Gasteiger charge is 2.26. The van der Waals surface area contributed by atoms with Gasteiger partial charge < -0.3 is 5.11 Å². The van der Waals surface area contributed by atoms with Gasteiger partial charge in [-0.1, -0.05) is 25.8 Å². The van der Waals surface area contributed by atoms with E-state index in [1.165, 1.54) is 12.8 Å². The number of pyridine rings is 1. The van der Waals surface area contributed by atoms with Gasteiger partial charge in [0.15, 0.2) is 0 Å². The molecule has 0 amide bonds. The average Bonchev–Trinajstić information content (AvgIpc) is 2.28. The first kappa shape index (κ1) is 11.6. The van der Waals surface area contributed by atoms with Crippen LogP contribution in [-0.2, 0) is 0 Å². The number of aromatic nitrogens is 1. The van der Waals surface area contributed by atoms with Crippen molar-refractivity contribution in [3.05, 3.63) is 29.6 Å². The van der Waals surface area contributed by atoms with E-state index in [1.54, 1.807) is 0 Å². The normalized spacial score (nSPS) is 27.7. The molecule has 0 radical (unpaired) electrons. The summed E-state index contributed by atoms with van der Waals surface area (Å²) in [6.07, 6.45) is 4.46. The molecule has 1 saturated carbocycles. The van der Waals surface area contributed by atoms with Crippen molar-refractivity contribution in [3.63, 3.8) is 0 Å². The third kappa shape index (κ3) is 2.62. The Hall–Kier alpha value is -0.890. The molecule has 2 heteroatoms. The Morgan fingerprint density at radius 1 is 1.38 bits per heavy atom. The summed E-state index contributed by atoms with van der Waals surface area (Å²) in [6, 6.07) is 5.89. The number of aliphatic hydroxyl groups is 1. The molecule has 0 aliphatic heterocycles. The minimum absolute atomic E-state index is 0.373. The van der Waals surface area contributed by atoms with Crippen molar-refractivity contribution < 1.29 is 5.11 Å². The number of rotatable bonds is 2. The monoisotopic (exact) mass is 219 g/mol. The largest absolute Gasteiger partial charge is 0.387 e. The lowest BCUT2D eigenvalue weighted by Crippen LogP contribution is -2.21. The molecule has 0 spiro atoms. The lowest BCUT2D eigenvalue weighted by Gasteiger charge is -2.30. The zero-order chi connectivity index (χ0) is 11.5. The Bertz CT molecular complexity index is 350. The Balaban J connectivity index is 2.09. The standard InChI is InChI=1S/C14H21NO/c1-10-5-3-7-12(9-10)14(16)13-8-4-6-11(2)15-13/h4,6,8,10,12,14,16H,3,5,7,9H2,1-2H3. The van der Waals surface area contributed by atoms with Crippen LogP contribution in [0.4, 0.5) is 0 Å². The van der Waals surface area contributed by atoms with E-state index in [2.05, 4.69) is 11.9 Å². The summed E-state index contributed by atoms with van der Waals surface area (Å²) in [5.74, 6) is 1.15. The third-order valence-corrected chi connectivity index (χ3v) is 3.64. The molecule has 1 aliphatic carbocycles. The maximum absolute atomic E-state index is 10.3. The molecule has 1 N–H and O–H groups in total. The lowest BCUT2D eigenvalue weighted by molar-refractivity contribution is 0.0679. The van der Waals surface area contributed by atoms with Crippen LogP contribution in [0.2, 0.25) is 0 Å². The predicted octanol–water partition coefficient (Wildman–Crippen LogP) is 3.25. The second-order valence-electron chi connectivity index (χ2n) is 5.18. The van der Waals surface area contributed by atoms with Gasteiger partial charge in [0.25, 0.3) is 0 Å². The maximum Gasteiger partial charge on any atom is 0.0987 e. The Morgan fingerprint density at radius 2 is 2.19 bits per heavy atom. The van der Waals surface area contributed by atoms with Gasteiger partial charge in [0.2, 0.25) is 0 Å². The topological polar surface area (TPSA) is 33.1 Å². The molecule has 1 aromatic rings. The van der Waals surface area contributed by atoms with Gasteiger partial charge in [-0.05, 0) is 43.7 Å². The quantitative estimate of drug-likeness (QED) is 0.828. The molecular weight excluding hydrogens is 198 g/mol. The number of aryl methyl sites for hydroxylation is 1. The number of aliphatic hydroxyl groups excluding tert-OH is 1. The number of hydrogen-bond acceptors (Lipinski definition) is 2. The molecule has 2 rings (SSSR count). The van der Waals surface area contributed by atoms with E-state index in [-0.39, 0.29) is 6.10 Å². The highest BCUT2D eigenvalue weighted by Crippen LogP contribution is 2.36. The molecule has 0 saturated heterocycles. The summed E-state index contributed by atoms with van der Waals surface area (Å²) in [5, 5.41) is 10.3. The maximum atomic E-state index is 10.3. The Kier molecular flexibility index (Phi) is 3.59. The van der Waals surface area contributed by atoms with Gasteiger partial charge >= 0.3 is 0 Å². The van der Waals surface area contributed by atoms with E-state index in [0.29, 0.717) is 5.92 Å². The average molecular weight is 219 g/mol.